The maximum absolute atomic E-state index is 2.73. The smallest absolute Gasteiger partial charge is 0.252 e. The molecule has 11 rings (SSSR count). The van der Waals surface area contributed by atoms with Crippen molar-refractivity contribution in [3.8, 4) is 11.1 Å². The Morgan fingerprint density at radius 1 is 0.453 bits per heavy atom. The molecule has 6 aromatic rings. The van der Waals surface area contributed by atoms with E-state index in [2.05, 4.69) is 211 Å². The first-order chi connectivity index (χ1) is 29.9. The Hall–Kier alpha value is -5.02. The number of anilines is 6. The highest BCUT2D eigenvalue weighted by molar-refractivity contribution is 7.00. The van der Waals surface area contributed by atoms with Crippen LogP contribution in [0.4, 0.5) is 34.1 Å². The van der Waals surface area contributed by atoms with Gasteiger partial charge in [0.1, 0.15) is 0 Å². The minimum Gasteiger partial charge on any atom is -0.311 e. The van der Waals surface area contributed by atoms with E-state index in [1.807, 2.05) is 0 Å². The minimum absolute atomic E-state index is 0.0557. The van der Waals surface area contributed by atoms with Gasteiger partial charge in [0, 0.05) is 39.4 Å². The van der Waals surface area contributed by atoms with E-state index in [1.54, 1.807) is 0 Å². The third kappa shape index (κ3) is 5.70. The van der Waals surface area contributed by atoms with Gasteiger partial charge in [-0.2, -0.15) is 0 Å². The summed E-state index contributed by atoms with van der Waals surface area (Å²) >= 11 is 0. The van der Waals surface area contributed by atoms with Gasteiger partial charge in [-0.3, -0.25) is 0 Å². The standard InChI is InChI=1S/C61H69BN2/c1-36-29-52-55-53(30-36)64(49-22-18-21-41-54(49)39-19-16-17-20-40(39)61(41,14)15)51-35-45-43(58(8,9)26-28-60(45,12)13)33-47(51)62(55)46-32-42-44(59(10,11)27-25-57(42,6)7)34-50(46)63(52)48-24-23-38(31-37(48)2)56(3,4)5/h16-24,29-35H,25-28H2,1-15H3. The van der Waals surface area contributed by atoms with Gasteiger partial charge in [0.05, 0.1) is 5.69 Å². The fourth-order valence-electron chi connectivity index (χ4n) is 13.1. The predicted octanol–water partition coefficient (Wildman–Crippen LogP) is 14.7. The van der Waals surface area contributed by atoms with Crippen molar-refractivity contribution in [1.82, 2.24) is 0 Å². The predicted molar refractivity (Wildman–Crippen MR) is 277 cm³/mol. The van der Waals surface area contributed by atoms with Gasteiger partial charge in [0.25, 0.3) is 6.71 Å². The normalized spacial score (nSPS) is 19.8. The fraction of sp³-hybridized carbons (Fsp3) is 0.410. The average molecular weight is 841 g/mol. The Morgan fingerprint density at radius 3 is 1.45 bits per heavy atom. The molecule has 0 N–H and O–H groups in total. The van der Waals surface area contributed by atoms with E-state index >= 15 is 0 Å². The first kappa shape index (κ1) is 41.7. The molecule has 6 aromatic carbocycles. The number of hydrogen-bond donors (Lipinski definition) is 0. The molecule has 0 radical (unpaired) electrons. The van der Waals surface area contributed by atoms with Gasteiger partial charge < -0.3 is 9.80 Å². The van der Waals surface area contributed by atoms with E-state index in [0.29, 0.717) is 0 Å². The zero-order valence-electron chi connectivity index (χ0n) is 41.5. The number of fused-ring (bicyclic) bond motifs is 9. The second-order valence-corrected chi connectivity index (χ2v) is 24.9. The maximum atomic E-state index is 2.73. The molecule has 0 atom stereocenters. The van der Waals surface area contributed by atoms with E-state index in [4.69, 9.17) is 0 Å². The molecule has 2 aliphatic heterocycles. The zero-order valence-corrected chi connectivity index (χ0v) is 41.5. The lowest BCUT2D eigenvalue weighted by molar-refractivity contribution is 0.332. The quantitative estimate of drug-likeness (QED) is 0.160. The molecule has 2 nitrogen and oxygen atoms in total. The van der Waals surface area contributed by atoms with E-state index in [-0.39, 0.29) is 39.2 Å². The summed E-state index contributed by atoms with van der Waals surface area (Å²) in [6.07, 6.45) is 4.74. The van der Waals surface area contributed by atoms with Gasteiger partial charge in [0.15, 0.2) is 0 Å². The zero-order chi connectivity index (χ0) is 45.4. The summed E-state index contributed by atoms with van der Waals surface area (Å²) in [5.41, 5.74) is 28.0. The number of benzene rings is 6. The van der Waals surface area contributed by atoms with Gasteiger partial charge in [-0.1, -0.05) is 151 Å². The van der Waals surface area contributed by atoms with Gasteiger partial charge in [0.2, 0.25) is 0 Å². The minimum atomic E-state index is -0.108. The first-order valence-electron chi connectivity index (χ1n) is 24.4. The Kier molecular flexibility index (Phi) is 8.52. The van der Waals surface area contributed by atoms with E-state index in [1.165, 1.54) is 137 Å². The summed E-state index contributed by atoms with van der Waals surface area (Å²) in [4.78, 5) is 5.43. The van der Waals surface area contributed by atoms with Crippen LogP contribution in [0.3, 0.4) is 0 Å². The van der Waals surface area contributed by atoms with E-state index in [9.17, 15) is 0 Å². The Bertz CT molecular complexity index is 3000. The molecule has 0 saturated heterocycles. The van der Waals surface area contributed by atoms with Crippen molar-refractivity contribution >= 4 is 57.2 Å². The number of aryl methyl sites for hydroxylation is 2. The molecular formula is C61H69BN2. The lowest BCUT2D eigenvalue weighted by Crippen LogP contribution is -2.62. The molecule has 3 heteroatoms. The largest absolute Gasteiger partial charge is 0.311 e. The van der Waals surface area contributed by atoms with Crippen LogP contribution < -0.4 is 26.2 Å². The SMILES string of the molecule is Cc1cc2c3c(c1)N(c1cccc4c1-c1ccccc1C4(C)C)c1cc4c(cc1B3c1cc3c(cc1N2c1ccc(C(C)(C)C)cc1C)C(C)(C)CCC3(C)C)C(C)(C)CCC4(C)C. The van der Waals surface area contributed by atoms with Crippen LogP contribution in [0.15, 0.2) is 97.1 Å². The third-order valence-electron chi connectivity index (χ3n) is 17.3. The summed E-state index contributed by atoms with van der Waals surface area (Å²) in [5, 5.41) is 0. The molecule has 5 aliphatic rings. The second kappa shape index (κ2) is 13.1. The van der Waals surface area contributed by atoms with E-state index < -0.39 is 0 Å². The molecule has 2 heterocycles. The van der Waals surface area contributed by atoms with Crippen LogP contribution in [-0.2, 0) is 32.5 Å². The molecule has 0 bridgehead atoms. The summed E-state index contributed by atoms with van der Waals surface area (Å²) in [6.45, 7) is 36.5. The molecule has 64 heavy (non-hydrogen) atoms. The molecule has 3 aliphatic carbocycles. The van der Waals surface area contributed by atoms with Crippen molar-refractivity contribution in [1.29, 1.82) is 0 Å². The molecule has 0 aromatic heterocycles. The highest BCUT2D eigenvalue weighted by Gasteiger charge is 2.49. The summed E-state index contributed by atoms with van der Waals surface area (Å²) in [7, 11) is 0. The second-order valence-electron chi connectivity index (χ2n) is 24.9. The fourth-order valence-corrected chi connectivity index (χ4v) is 13.1. The van der Waals surface area contributed by atoms with Crippen molar-refractivity contribution in [3.05, 3.63) is 147 Å². The van der Waals surface area contributed by atoms with Crippen LogP contribution in [0, 0.1) is 13.8 Å². The Morgan fingerprint density at radius 2 is 0.938 bits per heavy atom. The van der Waals surface area contributed by atoms with Gasteiger partial charge in [-0.25, -0.2) is 0 Å². The summed E-state index contributed by atoms with van der Waals surface area (Å²) in [5.74, 6) is 0. The van der Waals surface area contributed by atoms with Crippen molar-refractivity contribution in [3.63, 3.8) is 0 Å². The number of nitrogens with zero attached hydrogens (tertiary/aromatic N) is 2. The van der Waals surface area contributed by atoms with Crippen LogP contribution in [0.1, 0.15) is 166 Å². The van der Waals surface area contributed by atoms with Crippen molar-refractivity contribution in [2.45, 2.75) is 162 Å². The van der Waals surface area contributed by atoms with Gasteiger partial charge in [-0.15, -0.1) is 0 Å². The summed E-state index contributed by atoms with van der Waals surface area (Å²) in [6, 6.07) is 39.4. The third-order valence-corrected chi connectivity index (χ3v) is 17.3. The molecule has 0 amide bonds. The van der Waals surface area contributed by atoms with Crippen LogP contribution in [0.25, 0.3) is 11.1 Å². The molecule has 326 valence electrons. The molecule has 0 spiro atoms. The van der Waals surface area contributed by atoms with Crippen LogP contribution >= 0.6 is 0 Å². The van der Waals surface area contributed by atoms with Gasteiger partial charge in [-0.05, 0) is 175 Å². The van der Waals surface area contributed by atoms with E-state index in [0.717, 1.165) is 0 Å². The Balaban J connectivity index is 1.30. The Labute approximate surface area is 385 Å². The van der Waals surface area contributed by atoms with Crippen molar-refractivity contribution < 1.29 is 0 Å². The van der Waals surface area contributed by atoms with Crippen molar-refractivity contribution in [2.75, 3.05) is 9.80 Å². The lowest BCUT2D eigenvalue weighted by Gasteiger charge is -2.49. The number of rotatable bonds is 2. The molecule has 0 fully saturated rings. The monoisotopic (exact) mass is 841 g/mol. The number of hydrogen-bond acceptors (Lipinski definition) is 2. The van der Waals surface area contributed by atoms with Crippen LogP contribution in [0.5, 0.6) is 0 Å². The topological polar surface area (TPSA) is 6.48 Å². The molecule has 0 unspecified atom stereocenters. The van der Waals surface area contributed by atoms with Gasteiger partial charge >= 0.3 is 0 Å². The van der Waals surface area contributed by atoms with Crippen LogP contribution in [-0.4, -0.2) is 6.71 Å². The van der Waals surface area contributed by atoms with Crippen molar-refractivity contribution in [2.24, 2.45) is 0 Å². The highest BCUT2D eigenvalue weighted by Crippen LogP contribution is 2.57. The average Bonchev–Trinajstić information content (AvgIpc) is 3.46. The lowest BCUT2D eigenvalue weighted by atomic mass is 9.32. The molecular weight excluding hydrogens is 771 g/mol. The van der Waals surface area contributed by atoms with Crippen LogP contribution in [0.2, 0.25) is 0 Å². The molecule has 0 saturated carbocycles. The first-order valence-corrected chi connectivity index (χ1v) is 24.4. The highest BCUT2D eigenvalue weighted by atomic mass is 15.2. The maximum Gasteiger partial charge on any atom is 0.252 e. The summed E-state index contributed by atoms with van der Waals surface area (Å²) < 4.78 is 0.